The lowest BCUT2D eigenvalue weighted by molar-refractivity contribution is -0.155. The predicted molar refractivity (Wildman–Crippen MR) is 74.8 cm³/mol. The number of amides is 4. The fourth-order valence-electron chi connectivity index (χ4n) is 2.04. The maximum atomic E-state index is 12.3. The van der Waals surface area contributed by atoms with Crippen molar-refractivity contribution in [1.29, 1.82) is 0 Å². The molecule has 0 bridgehead atoms. The van der Waals surface area contributed by atoms with E-state index in [0.717, 1.165) is 0 Å². The van der Waals surface area contributed by atoms with Gasteiger partial charge in [0.2, 0.25) is 11.8 Å². The van der Waals surface area contributed by atoms with Crippen LogP contribution >= 0.6 is 0 Å². The van der Waals surface area contributed by atoms with Gasteiger partial charge in [0.15, 0.2) is 0 Å². The molecule has 25 heavy (non-hydrogen) atoms. The molecule has 11 heteroatoms. The van der Waals surface area contributed by atoms with E-state index in [4.69, 9.17) is 18.9 Å². The van der Waals surface area contributed by atoms with Crippen LogP contribution in [-0.4, -0.2) is 91.3 Å². The molecule has 2 unspecified atom stereocenters. The molecule has 3 aliphatic rings. The molecule has 3 heterocycles. The molecule has 0 aromatic rings. The van der Waals surface area contributed by atoms with Crippen LogP contribution in [0.15, 0.2) is 0 Å². The molecule has 0 spiro atoms. The first kappa shape index (κ1) is 17.3. The highest BCUT2D eigenvalue weighted by molar-refractivity contribution is 6.15. The van der Waals surface area contributed by atoms with Gasteiger partial charge in [0.1, 0.15) is 44.9 Å². The molecule has 2 atom stereocenters. The Morgan fingerprint density at radius 3 is 1.64 bits per heavy atom. The smallest absolute Gasteiger partial charge is 0.334 e. The maximum absolute atomic E-state index is 12.3. The van der Waals surface area contributed by atoms with E-state index in [-0.39, 0.29) is 25.4 Å². The van der Waals surface area contributed by atoms with Gasteiger partial charge in [-0.15, -0.1) is 0 Å². The van der Waals surface area contributed by atoms with Crippen molar-refractivity contribution in [3.05, 3.63) is 0 Å². The van der Waals surface area contributed by atoms with Crippen molar-refractivity contribution < 1.29 is 42.9 Å². The summed E-state index contributed by atoms with van der Waals surface area (Å²) in [6, 6.07) is -1.06. The third-order valence-corrected chi connectivity index (χ3v) is 3.61. The van der Waals surface area contributed by atoms with Crippen molar-refractivity contribution >= 4 is 29.8 Å². The van der Waals surface area contributed by atoms with Gasteiger partial charge in [0.25, 0.3) is 0 Å². The first-order chi connectivity index (χ1) is 11.9. The van der Waals surface area contributed by atoms with Gasteiger partial charge in [-0.05, 0) is 0 Å². The highest BCUT2D eigenvalue weighted by atomic mass is 16.6. The Labute approximate surface area is 141 Å². The summed E-state index contributed by atoms with van der Waals surface area (Å²) in [7, 11) is 0. The average molecular weight is 356 g/mol. The molecule has 11 nitrogen and oxygen atoms in total. The van der Waals surface area contributed by atoms with Gasteiger partial charge in [-0.2, -0.15) is 0 Å². The molecule has 0 radical (unpaired) electrons. The number of imide groups is 2. The zero-order valence-electron chi connectivity index (χ0n) is 13.2. The normalized spacial score (nSPS) is 25.0. The number of carbonyl (C=O) groups excluding carboxylic acids is 5. The molecule has 3 saturated heterocycles. The molecule has 0 aromatic heterocycles. The van der Waals surface area contributed by atoms with Crippen LogP contribution in [0, 0.1) is 0 Å². The molecule has 0 aromatic carbocycles. The Bertz CT molecular complexity index is 561. The van der Waals surface area contributed by atoms with Crippen LogP contribution in [0.1, 0.15) is 6.42 Å². The van der Waals surface area contributed by atoms with Crippen molar-refractivity contribution in [3.63, 3.8) is 0 Å². The summed E-state index contributed by atoms with van der Waals surface area (Å²) < 4.78 is 19.5. The number of hydrogen-bond acceptors (Lipinski definition) is 9. The Hall–Kier alpha value is -2.53. The van der Waals surface area contributed by atoms with E-state index in [1.807, 2.05) is 0 Å². The minimum absolute atomic E-state index is 0.0350. The minimum Gasteiger partial charge on any atom is -0.461 e. The Balaban J connectivity index is 1.53. The van der Waals surface area contributed by atoms with Crippen molar-refractivity contribution in [2.24, 2.45) is 0 Å². The zero-order chi connectivity index (χ0) is 18.0. The first-order valence-corrected chi connectivity index (χ1v) is 7.63. The molecule has 4 amide bonds. The topological polar surface area (TPSA) is 135 Å². The summed E-state index contributed by atoms with van der Waals surface area (Å²) in [6.45, 7) is -0.227. The molecular weight excluding hydrogens is 340 g/mol. The van der Waals surface area contributed by atoms with Gasteiger partial charge in [-0.1, -0.05) is 0 Å². The number of hydrogen-bond donors (Lipinski definition) is 0. The summed E-state index contributed by atoms with van der Waals surface area (Å²) in [5.74, 6) is -3.27. The molecule has 0 N–H and O–H groups in total. The summed E-state index contributed by atoms with van der Waals surface area (Å²) in [4.78, 5) is 60.5. The first-order valence-electron chi connectivity index (χ1n) is 7.63. The zero-order valence-corrected chi connectivity index (χ0v) is 13.2. The van der Waals surface area contributed by atoms with Gasteiger partial charge in [-0.3, -0.25) is 29.0 Å². The fourth-order valence-corrected chi connectivity index (χ4v) is 2.04. The molecule has 0 saturated carbocycles. The molecule has 3 aliphatic heterocycles. The summed E-state index contributed by atoms with van der Waals surface area (Å²) in [5.41, 5.74) is 0. The van der Waals surface area contributed by atoms with Crippen LogP contribution in [0.2, 0.25) is 0 Å². The van der Waals surface area contributed by atoms with Gasteiger partial charge < -0.3 is 18.9 Å². The SMILES string of the molecule is O=C(CN1C(=O)CC(=O)N(CC(=O)OCC2CO2)C1=O)OCC1CO1. The van der Waals surface area contributed by atoms with Crippen LogP contribution < -0.4 is 0 Å². The number of barbiturate groups is 1. The summed E-state index contributed by atoms with van der Waals surface area (Å²) in [6.07, 6.45) is -0.927. The van der Waals surface area contributed by atoms with Crippen LogP contribution in [0.5, 0.6) is 0 Å². The van der Waals surface area contributed by atoms with E-state index in [1.165, 1.54) is 0 Å². The number of urea groups is 1. The van der Waals surface area contributed by atoms with E-state index < -0.39 is 49.3 Å². The van der Waals surface area contributed by atoms with Crippen molar-refractivity contribution in [3.8, 4) is 0 Å². The van der Waals surface area contributed by atoms with Gasteiger partial charge in [0.05, 0.1) is 13.2 Å². The van der Waals surface area contributed by atoms with E-state index in [2.05, 4.69) is 0 Å². The van der Waals surface area contributed by atoms with Crippen LogP contribution in [0.4, 0.5) is 4.79 Å². The second-order valence-electron chi connectivity index (χ2n) is 5.70. The molecule has 3 fully saturated rings. The molecule has 3 rings (SSSR count). The number of epoxide rings is 2. The van der Waals surface area contributed by atoms with Crippen molar-refractivity contribution in [1.82, 2.24) is 9.80 Å². The second-order valence-corrected chi connectivity index (χ2v) is 5.70. The van der Waals surface area contributed by atoms with Crippen LogP contribution in [0.25, 0.3) is 0 Å². The van der Waals surface area contributed by atoms with E-state index in [9.17, 15) is 24.0 Å². The summed E-state index contributed by atoms with van der Waals surface area (Å²) >= 11 is 0. The number of esters is 2. The fraction of sp³-hybridized carbons (Fsp3) is 0.643. The quantitative estimate of drug-likeness (QED) is 0.276. The number of ether oxygens (including phenoxy) is 4. The number of nitrogens with zero attached hydrogens (tertiary/aromatic N) is 2. The molecule has 0 aliphatic carbocycles. The van der Waals surface area contributed by atoms with Gasteiger partial charge >= 0.3 is 18.0 Å². The van der Waals surface area contributed by atoms with E-state index >= 15 is 0 Å². The Kier molecular flexibility index (Phi) is 4.95. The van der Waals surface area contributed by atoms with Crippen molar-refractivity contribution in [2.45, 2.75) is 18.6 Å². The molecular formula is C14H16N2O9. The van der Waals surface area contributed by atoms with E-state index in [0.29, 0.717) is 23.0 Å². The van der Waals surface area contributed by atoms with E-state index in [1.54, 1.807) is 0 Å². The third kappa shape index (κ3) is 4.73. The number of rotatable bonds is 8. The largest absolute Gasteiger partial charge is 0.461 e. The highest BCUT2D eigenvalue weighted by Gasteiger charge is 2.40. The Morgan fingerprint density at radius 2 is 1.28 bits per heavy atom. The van der Waals surface area contributed by atoms with Crippen LogP contribution in [0.3, 0.4) is 0 Å². The lowest BCUT2D eigenvalue weighted by Gasteiger charge is -2.31. The standard InChI is InChI=1S/C14H16N2O9/c17-10-1-11(18)16(3-13(20)25-7-9-5-23-9)14(21)15(10)2-12(19)24-6-8-4-22-8/h8-9H,1-7H2. The average Bonchev–Trinajstić information content (AvgIpc) is 3.45. The second kappa shape index (κ2) is 7.15. The third-order valence-electron chi connectivity index (χ3n) is 3.61. The lowest BCUT2D eigenvalue weighted by Crippen LogP contribution is -2.57. The highest BCUT2D eigenvalue weighted by Crippen LogP contribution is 2.14. The predicted octanol–water partition coefficient (Wildman–Crippen LogP) is -1.95. The lowest BCUT2D eigenvalue weighted by atomic mass is 10.2. The van der Waals surface area contributed by atoms with Gasteiger partial charge in [-0.25, -0.2) is 4.79 Å². The molecule has 136 valence electrons. The number of carbonyl (C=O) groups is 5. The van der Waals surface area contributed by atoms with Crippen LogP contribution in [-0.2, 0) is 38.1 Å². The monoisotopic (exact) mass is 356 g/mol. The van der Waals surface area contributed by atoms with Gasteiger partial charge in [0, 0.05) is 0 Å². The minimum atomic E-state index is -1.06. The van der Waals surface area contributed by atoms with Crippen molar-refractivity contribution in [2.75, 3.05) is 39.5 Å². The Morgan fingerprint density at radius 1 is 0.880 bits per heavy atom. The maximum Gasteiger partial charge on any atom is 0.334 e. The summed E-state index contributed by atoms with van der Waals surface area (Å²) in [5, 5.41) is 0.